The molecule has 10 heteroatoms. The third-order valence-electron chi connectivity index (χ3n) is 6.33. The molecule has 0 radical (unpaired) electrons. The van der Waals surface area contributed by atoms with Gasteiger partial charge in [-0.05, 0) is 31.0 Å². The monoisotopic (exact) mass is 448 g/mol. The van der Waals surface area contributed by atoms with Gasteiger partial charge in [-0.1, -0.05) is 27.7 Å². The van der Waals surface area contributed by atoms with Crippen LogP contribution in [0.3, 0.4) is 0 Å². The Morgan fingerprint density at radius 3 is 2.13 bits per heavy atom. The number of aliphatic hydroxyl groups is 2. The average molecular weight is 449 g/mol. The summed E-state index contributed by atoms with van der Waals surface area (Å²) in [6.45, 7) is 13.5. The van der Waals surface area contributed by atoms with E-state index in [1.54, 1.807) is 0 Å². The van der Waals surface area contributed by atoms with Crippen LogP contribution in [0.25, 0.3) is 0 Å². The predicted molar refractivity (Wildman–Crippen MR) is 110 cm³/mol. The molecule has 174 valence electrons. The van der Waals surface area contributed by atoms with E-state index in [1.807, 2.05) is 13.1 Å². The van der Waals surface area contributed by atoms with Crippen LogP contribution in [0.5, 0.6) is 0 Å². The second-order valence-electron chi connectivity index (χ2n) is 9.09. The zero-order chi connectivity index (χ0) is 23.4. The molecule has 30 heavy (non-hydrogen) atoms. The summed E-state index contributed by atoms with van der Waals surface area (Å²) >= 11 is 0. The van der Waals surface area contributed by atoms with Gasteiger partial charge >= 0.3 is 11.9 Å². The molecule has 1 rings (SSSR count). The summed E-state index contributed by atoms with van der Waals surface area (Å²) in [6.07, 6.45) is -7.71. The zero-order valence-corrected chi connectivity index (χ0v) is 20.1. The highest BCUT2D eigenvalue weighted by Gasteiger charge is 2.54. The van der Waals surface area contributed by atoms with E-state index in [4.69, 9.17) is 18.6 Å². The summed E-state index contributed by atoms with van der Waals surface area (Å²) < 4.78 is 21.7. The lowest BCUT2D eigenvalue weighted by Crippen LogP contribution is -2.64. The van der Waals surface area contributed by atoms with Crippen molar-refractivity contribution in [2.75, 3.05) is 7.11 Å². The van der Waals surface area contributed by atoms with Gasteiger partial charge in [-0.2, -0.15) is 0 Å². The van der Waals surface area contributed by atoms with Crippen LogP contribution < -0.4 is 0 Å². The number of hydrogen-bond acceptors (Lipinski definition) is 9. The maximum absolute atomic E-state index is 12.3. The number of Topliss-reactive ketones (excluding diaryl/α,β-unsaturated/α-hetero) is 1. The first kappa shape index (κ1) is 26.7. The summed E-state index contributed by atoms with van der Waals surface area (Å²) in [4.78, 5) is 35.4. The minimum absolute atomic E-state index is 0.0379. The predicted octanol–water partition coefficient (Wildman–Crippen LogP) is 1.54. The number of methoxy groups -OCH3 is 1. The van der Waals surface area contributed by atoms with Gasteiger partial charge in [0.15, 0.2) is 26.8 Å². The Morgan fingerprint density at radius 1 is 1.10 bits per heavy atom. The van der Waals surface area contributed by atoms with E-state index in [1.165, 1.54) is 6.92 Å². The highest BCUT2D eigenvalue weighted by Crippen LogP contribution is 2.46. The summed E-state index contributed by atoms with van der Waals surface area (Å²) in [7, 11) is -1.37. The molecule has 2 N–H and O–H groups in total. The number of ether oxygens (including phenoxy) is 3. The number of carbonyl (C=O) groups excluding carboxylic acids is 3. The number of carbonyl (C=O) groups is 3. The van der Waals surface area contributed by atoms with Crippen molar-refractivity contribution in [1.29, 1.82) is 0 Å². The fourth-order valence-corrected chi connectivity index (χ4v) is 5.47. The Hall–Kier alpha value is -1.33. The normalized spacial score (nSPS) is 27.6. The SMILES string of the molecule is COC(=O)[C@H]1O[C@@H](O[Si](C)(C)C(C)(C)C(C)C)[C@H](O)[C@@H](O)[C@@H]1OC(=O)CCC(C)=O. The number of esters is 2. The van der Waals surface area contributed by atoms with E-state index in [0.717, 1.165) is 7.11 Å². The number of hydrogen-bond donors (Lipinski definition) is 2. The molecule has 0 unspecified atom stereocenters. The van der Waals surface area contributed by atoms with Gasteiger partial charge in [-0.25, -0.2) is 4.79 Å². The Balaban J connectivity index is 3.07. The number of aliphatic hydroxyl groups excluding tert-OH is 2. The van der Waals surface area contributed by atoms with Crippen molar-refractivity contribution in [3.8, 4) is 0 Å². The molecule has 0 saturated carbocycles. The average Bonchev–Trinajstić information content (AvgIpc) is 2.64. The van der Waals surface area contributed by atoms with Gasteiger partial charge in [-0.3, -0.25) is 4.79 Å². The quantitative estimate of drug-likeness (QED) is 0.398. The van der Waals surface area contributed by atoms with Gasteiger partial charge < -0.3 is 33.6 Å². The first-order chi connectivity index (χ1) is 13.7. The molecule has 0 amide bonds. The van der Waals surface area contributed by atoms with Gasteiger partial charge in [-0.15, -0.1) is 0 Å². The van der Waals surface area contributed by atoms with Gasteiger partial charge in [0.1, 0.15) is 18.0 Å². The van der Waals surface area contributed by atoms with Crippen LogP contribution in [0.4, 0.5) is 0 Å². The largest absolute Gasteiger partial charge is 0.467 e. The van der Waals surface area contributed by atoms with E-state index in [9.17, 15) is 24.6 Å². The number of rotatable bonds is 9. The zero-order valence-electron chi connectivity index (χ0n) is 19.1. The third kappa shape index (κ3) is 6.10. The highest BCUT2D eigenvalue weighted by atomic mass is 28.4. The topological polar surface area (TPSA) is 129 Å². The van der Waals surface area contributed by atoms with E-state index >= 15 is 0 Å². The Bertz CT molecular complexity index is 632. The molecule has 0 bridgehead atoms. The van der Waals surface area contributed by atoms with Crippen LogP contribution in [0.1, 0.15) is 47.5 Å². The summed E-state index contributed by atoms with van der Waals surface area (Å²) in [6, 6.07) is 0. The molecule has 0 aromatic heterocycles. The van der Waals surface area contributed by atoms with Gasteiger partial charge in [0.05, 0.1) is 13.5 Å². The standard InChI is InChI=1S/C20H36O9Si/c1-11(2)20(4,5)30(7,8)29-19-15(24)14(23)16(17(28-19)18(25)26-6)27-13(22)10-9-12(3)21/h11,14-17,19,23-24H,9-10H2,1-8H3/t14-,15-,16+,17+,19+/m1/s1. The molecule has 0 aromatic carbocycles. The summed E-state index contributed by atoms with van der Waals surface area (Å²) in [5.41, 5.74) is 0. The molecule has 1 saturated heterocycles. The minimum Gasteiger partial charge on any atom is -0.467 e. The number of ketones is 1. The first-order valence-corrected chi connectivity index (χ1v) is 13.0. The van der Waals surface area contributed by atoms with Crippen LogP contribution in [0.15, 0.2) is 0 Å². The molecule has 1 aliphatic rings. The Morgan fingerprint density at radius 2 is 1.67 bits per heavy atom. The van der Waals surface area contributed by atoms with Crippen molar-refractivity contribution in [2.24, 2.45) is 5.92 Å². The van der Waals surface area contributed by atoms with Crippen molar-refractivity contribution < 1.29 is 43.2 Å². The highest BCUT2D eigenvalue weighted by molar-refractivity contribution is 6.74. The lowest BCUT2D eigenvalue weighted by Gasteiger charge is -2.48. The minimum atomic E-state index is -2.50. The molecule has 1 aliphatic heterocycles. The fourth-order valence-electron chi connectivity index (χ4n) is 3.00. The molecule has 9 nitrogen and oxygen atoms in total. The van der Waals surface area contributed by atoms with E-state index in [2.05, 4.69) is 27.7 Å². The molecule has 1 heterocycles. The Kier molecular flexibility index (Phi) is 9.18. The van der Waals surface area contributed by atoms with Gasteiger partial charge in [0.25, 0.3) is 0 Å². The first-order valence-electron chi connectivity index (χ1n) is 10.1. The summed E-state index contributed by atoms with van der Waals surface area (Å²) in [5.74, 6) is -1.60. The van der Waals surface area contributed by atoms with Gasteiger partial charge in [0, 0.05) is 6.42 Å². The second kappa shape index (κ2) is 10.3. The van der Waals surface area contributed by atoms with Crippen LogP contribution >= 0.6 is 0 Å². The fraction of sp³-hybridized carbons (Fsp3) is 0.850. The molecule has 5 atom stereocenters. The van der Waals surface area contributed by atoms with Crippen molar-refractivity contribution in [1.82, 2.24) is 0 Å². The van der Waals surface area contributed by atoms with Crippen molar-refractivity contribution >= 4 is 26.0 Å². The third-order valence-corrected chi connectivity index (χ3v) is 10.8. The Labute approximate surface area is 179 Å². The molecular weight excluding hydrogens is 412 g/mol. The lowest BCUT2D eigenvalue weighted by molar-refractivity contribution is -0.279. The molecule has 0 aromatic rings. The van der Waals surface area contributed by atoms with Crippen molar-refractivity contribution in [2.45, 2.75) is 96.3 Å². The molecule has 0 aliphatic carbocycles. The van der Waals surface area contributed by atoms with Crippen molar-refractivity contribution in [3.05, 3.63) is 0 Å². The maximum atomic E-state index is 12.3. The van der Waals surface area contributed by atoms with Crippen LogP contribution in [0, 0.1) is 5.92 Å². The summed E-state index contributed by atoms with van der Waals surface area (Å²) in [5, 5.41) is 21.0. The molecule has 1 fully saturated rings. The maximum Gasteiger partial charge on any atom is 0.339 e. The van der Waals surface area contributed by atoms with Gasteiger partial charge in [0.2, 0.25) is 0 Å². The van der Waals surface area contributed by atoms with E-state index in [0.29, 0.717) is 0 Å². The smallest absolute Gasteiger partial charge is 0.339 e. The van der Waals surface area contributed by atoms with Crippen LogP contribution in [0.2, 0.25) is 18.1 Å². The lowest BCUT2D eigenvalue weighted by atomic mass is 9.98. The van der Waals surface area contributed by atoms with Crippen LogP contribution in [-0.4, -0.2) is 74.1 Å². The second-order valence-corrected chi connectivity index (χ2v) is 13.6. The van der Waals surface area contributed by atoms with Crippen LogP contribution in [-0.2, 0) is 33.0 Å². The van der Waals surface area contributed by atoms with Crippen molar-refractivity contribution in [3.63, 3.8) is 0 Å². The molecule has 0 spiro atoms. The molecular formula is C20H36O9Si. The van der Waals surface area contributed by atoms with E-state index in [-0.39, 0.29) is 29.6 Å². The van der Waals surface area contributed by atoms with E-state index < -0.39 is 51.0 Å².